The van der Waals surface area contributed by atoms with Gasteiger partial charge in [-0.05, 0) is 31.1 Å². The van der Waals surface area contributed by atoms with Crippen LogP contribution in [0.4, 0.5) is 0 Å². The smallest absolute Gasteiger partial charge is 0.0488 e. The van der Waals surface area contributed by atoms with Crippen molar-refractivity contribution in [3.05, 3.63) is 0 Å². The summed E-state index contributed by atoms with van der Waals surface area (Å²) in [5.74, 6) is 1.35. The molecule has 15 heavy (non-hydrogen) atoms. The van der Waals surface area contributed by atoms with Crippen molar-refractivity contribution in [2.75, 3.05) is 13.2 Å². The van der Waals surface area contributed by atoms with Crippen molar-refractivity contribution in [1.82, 2.24) is 0 Å². The van der Waals surface area contributed by atoms with Crippen LogP contribution in [0, 0.1) is 11.8 Å². The Labute approximate surface area is 94.6 Å². The van der Waals surface area contributed by atoms with E-state index in [9.17, 15) is 0 Å². The largest absolute Gasteiger partial charge is 0.381 e. The number of rotatable bonds is 5. The van der Waals surface area contributed by atoms with E-state index in [1.165, 1.54) is 32.1 Å². The van der Waals surface area contributed by atoms with E-state index in [4.69, 9.17) is 10.5 Å². The van der Waals surface area contributed by atoms with Crippen LogP contribution >= 0.6 is 0 Å². The maximum atomic E-state index is 6.17. The van der Waals surface area contributed by atoms with Crippen LogP contribution in [-0.2, 0) is 4.74 Å². The first-order chi connectivity index (χ1) is 7.20. The molecule has 1 fully saturated rings. The summed E-state index contributed by atoms with van der Waals surface area (Å²) in [5.41, 5.74) is 6.17. The second kappa shape index (κ2) is 7.24. The molecule has 0 radical (unpaired) electrons. The molecule has 0 spiro atoms. The Hall–Kier alpha value is -0.0800. The first-order valence-electron chi connectivity index (χ1n) is 6.53. The van der Waals surface area contributed by atoms with Gasteiger partial charge in [0.2, 0.25) is 0 Å². The summed E-state index contributed by atoms with van der Waals surface area (Å²) in [6.07, 6.45) is 7.75. The third-order valence-electron chi connectivity index (χ3n) is 3.30. The summed E-state index contributed by atoms with van der Waals surface area (Å²) in [5, 5.41) is 0. The van der Waals surface area contributed by atoms with Gasteiger partial charge in [0.25, 0.3) is 0 Å². The number of hydrogen-bond acceptors (Lipinski definition) is 2. The van der Waals surface area contributed by atoms with E-state index in [0.29, 0.717) is 17.9 Å². The van der Waals surface area contributed by atoms with Gasteiger partial charge in [-0.15, -0.1) is 0 Å². The third kappa shape index (κ3) is 5.53. The lowest BCUT2D eigenvalue weighted by Gasteiger charge is -2.21. The van der Waals surface area contributed by atoms with E-state index in [0.717, 1.165) is 19.6 Å². The fraction of sp³-hybridized carbons (Fsp3) is 1.00. The molecule has 90 valence electrons. The van der Waals surface area contributed by atoms with Gasteiger partial charge in [-0.1, -0.05) is 33.1 Å². The normalized spacial score (nSPS) is 28.0. The molecule has 1 aliphatic rings. The monoisotopic (exact) mass is 213 g/mol. The van der Waals surface area contributed by atoms with Crippen molar-refractivity contribution >= 4 is 0 Å². The molecule has 0 bridgehead atoms. The lowest BCUT2D eigenvalue weighted by Crippen LogP contribution is -2.29. The highest BCUT2D eigenvalue weighted by atomic mass is 16.5. The van der Waals surface area contributed by atoms with Gasteiger partial charge >= 0.3 is 0 Å². The second-order valence-electron chi connectivity index (χ2n) is 5.32. The van der Waals surface area contributed by atoms with Crippen molar-refractivity contribution in [2.24, 2.45) is 17.6 Å². The Morgan fingerprint density at radius 2 is 1.93 bits per heavy atom. The van der Waals surface area contributed by atoms with Crippen LogP contribution in [-0.4, -0.2) is 19.3 Å². The van der Waals surface area contributed by atoms with Gasteiger partial charge in [0.05, 0.1) is 0 Å². The fourth-order valence-corrected chi connectivity index (χ4v) is 2.33. The van der Waals surface area contributed by atoms with E-state index in [2.05, 4.69) is 13.8 Å². The maximum absolute atomic E-state index is 6.17. The fourth-order valence-electron chi connectivity index (χ4n) is 2.33. The lowest BCUT2D eigenvalue weighted by atomic mass is 9.93. The Bertz CT molecular complexity index is 159. The Kier molecular flexibility index (Phi) is 6.26. The summed E-state index contributed by atoms with van der Waals surface area (Å²) in [4.78, 5) is 0. The Morgan fingerprint density at radius 1 is 1.20 bits per heavy atom. The van der Waals surface area contributed by atoms with Crippen LogP contribution in [0.3, 0.4) is 0 Å². The minimum Gasteiger partial charge on any atom is -0.381 e. The van der Waals surface area contributed by atoms with Crippen molar-refractivity contribution < 1.29 is 4.74 Å². The van der Waals surface area contributed by atoms with Crippen LogP contribution in [0.2, 0.25) is 0 Å². The van der Waals surface area contributed by atoms with Crippen LogP contribution in [0.25, 0.3) is 0 Å². The highest BCUT2D eigenvalue weighted by Crippen LogP contribution is 2.24. The first kappa shape index (κ1) is 13.0. The van der Waals surface area contributed by atoms with Crippen molar-refractivity contribution in [3.63, 3.8) is 0 Å². The average Bonchev–Trinajstić information content (AvgIpc) is 2.38. The van der Waals surface area contributed by atoms with Gasteiger partial charge in [0, 0.05) is 19.3 Å². The summed E-state index contributed by atoms with van der Waals surface area (Å²) in [6, 6.07) is 0.426. The highest BCUT2D eigenvalue weighted by molar-refractivity contribution is 4.76. The Morgan fingerprint density at radius 3 is 2.67 bits per heavy atom. The quantitative estimate of drug-likeness (QED) is 0.563. The lowest BCUT2D eigenvalue weighted by molar-refractivity contribution is 0.0938. The SMILES string of the molecule is CC(C)COCCC1CCCCCC1N. The molecule has 1 aliphatic carbocycles. The van der Waals surface area contributed by atoms with E-state index >= 15 is 0 Å². The molecular formula is C13H27NO. The molecule has 0 aliphatic heterocycles. The van der Waals surface area contributed by atoms with Gasteiger partial charge in [-0.25, -0.2) is 0 Å². The molecule has 0 aromatic rings. The molecule has 2 nitrogen and oxygen atoms in total. The standard InChI is InChI=1S/C13H27NO/c1-11(2)10-15-9-8-12-6-4-3-5-7-13(12)14/h11-13H,3-10,14H2,1-2H3. The molecule has 0 heterocycles. The number of ether oxygens (including phenoxy) is 1. The van der Waals surface area contributed by atoms with Gasteiger partial charge in [-0.3, -0.25) is 0 Å². The molecule has 2 atom stereocenters. The van der Waals surface area contributed by atoms with Crippen molar-refractivity contribution in [3.8, 4) is 0 Å². The molecular weight excluding hydrogens is 186 g/mol. The first-order valence-corrected chi connectivity index (χ1v) is 6.53. The van der Waals surface area contributed by atoms with E-state index in [1.54, 1.807) is 0 Å². The topological polar surface area (TPSA) is 35.2 Å². The van der Waals surface area contributed by atoms with Crippen LogP contribution in [0.15, 0.2) is 0 Å². The molecule has 0 aromatic carbocycles. The average molecular weight is 213 g/mol. The zero-order valence-corrected chi connectivity index (χ0v) is 10.4. The zero-order valence-electron chi connectivity index (χ0n) is 10.4. The second-order valence-corrected chi connectivity index (χ2v) is 5.32. The molecule has 1 rings (SSSR count). The van der Waals surface area contributed by atoms with Crippen LogP contribution in [0.1, 0.15) is 52.4 Å². The van der Waals surface area contributed by atoms with Crippen LogP contribution < -0.4 is 5.73 Å². The third-order valence-corrected chi connectivity index (χ3v) is 3.30. The molecule has 2 N–H and O–H groups in total. The van der Waals surface area contributed by atoms with Gasteiger partial charge in [0.1, 0.15) is 0 Å². The highest BCUT2D eigenvalue weighted by Gasteiger charge is 2.19. The van der Waals surface area contributed by atoms with E-state index in [-0.39, 0.29) is 0 Å². The molecule has 0 amide bonds. The van der Waals surface area contributed by atoms with E-state index < -0.39 is 0 Å². The predicted octanol–water partition coefficient (Wildman–Crippen LogP) is 2.96. The Balaban J connectivity index is 2.12. The minimum atomic E-state index is 0.426. The zero-order chi connectivity index (χ0) is 11.1. The van der Waals surface area contributed by atoms with Crippen molar-refractivity contribution in [1.29, 1.82) is 0 Å². The number of nitrogens with two attached hydrogens (primary N) is 1. The van der Waals surface area contributed by atoms with Gasteiger partial charge in [-0.2, -0.15) is 0 Å². The van der Waals surface area contributed by atoms with Gasteiger partial charge < -0.3 is 10.5 Å². The maximum Gasteiger partial charge on any atom is 0.0488 e. The molecule has 2 heteroatoms. The molecule has 0 saturated heterocycles. The summed E-state index contributed by atoms with van der Waals surface area (Å²) < 4.78 is 5.63. The molecule has 2 unspecified atom stereocenters. The van der Waals surface area contributed by atoms with E-state index in [1.807, 2.05) is 0 Å². The molecule has 0 aromatic heterocycles. The number of hydrogen-bond donors (Lipinski definition) is 1. The molecule has 1 saturated carbocycles. The summed E-state index contributed by atoms with van der Waals surface area (Å²) in [7, 11) is 0. The van der Waals surface area contributed by atoms with Crippen LogP contribution in [0.5, 0.6) is 0 Å². The summed E-state index contributed by atoms with van der Waals surface area (Å²) in [6.45, 7) is 6.17. The van der Waals surface area contributed by atoms with Crippen molar-refractivity contribution in [2.45, 2.75) is 58.4 Å². The summed E-state index contributed by atoms with van der Waals surface area (Å²) >= 11 is 0. The minimum absolute atomic E-state index is 0.426. The van der Waals surface area contributed by atoms with Gasteiger partial charge in [0.15, 0.2) is 0 Å². The predicted molar refractivity (Wildman–Crippen MR) is 64.8 cm³/mol.